The van der Waals surface area contributed by atoms with E-state index in [0.717, 1.165) is 16.6 Å². The summed E-state index contributed by atoms with van der Waals surface area (Å²) in [4.78, 5) is 16.4. The molecule has 0 saturated carbocycles. The van der Waals surface area contributed by atoms with Crippen molar-refractivity contribution in [2.45, 2.75) is 33.4 Å². The molecule has 3 aromatic rings. The topological polar surface area (TPSA) is 46.9 Å². The molecular weight excluding hydrogens is 286 g/mol. The van der Waals surface area contributed by atoms with Crippen LogP contribution in [0.5, 0.6) is 0 Å². The van der Waals surface area contributed by atoms with Gasteiger partial charge in [-0.15, -0.1) is 0 Å². The summed E-state index contributed by atoms with van der Waals surface area (Å²) >= 11 is 0. The molecule has 118 valence electrons. The summed E-state index contributed by atoms with van der Waals surface area (Å²) in [7, 11) is 0. The summed E-state index contributed by atoms with van der Waals surface area (Å²) in [5.41, 5.74) is 5.66. The van der Waals surface area contributed by atoms with E-state index in [0.29, 0.717) is 19.5 Å². The fraction of sp³-hybridized carbons (Fsp3) is 0.263. The average Bonchev–Trinajstić information content (AvgIpc) is 2.94. The van der Waals surface area contributed by atoms with Crippen LogP contribution in [0, 0.1) is 13.8 Å². The molecule has 1 N–H and O–H groups in total. The molecule has 4 heteroatoms. The van der Waals surface area contributed by atoms with Crippen LogP contribution in [0.3, 0.4) is 0 Å². The van der Waals surface area contributed by atoms with Gasteiger partial charge >= 0.3 is 0 Å². The van der Waals surface area contributed by atoms with E-state index in [1.807, 2.05) is 41.2 Å². The van der Waals surface area contributed by atoms with Gasteiger partial charge in [-0.3, -0.25) is 4.79 Å². The van der Waals surface area contributed by atoms with E-state index in [4.69, 9.17) is 0 Å². The van der Waals surface area contributed by atoms with E-state index in [9.17, 15) is 4.79 Å². The number of hydrogen-bond donors (Lipinski definition) is 1. The standard InChI is InChI=1S/C19H21N3O/c1-14-10-17-18(11-15(14)2)22(13-21-17)9-8-19(23)20-12-16-6-4-3-5-7-16/h3-7,10-11,13H,8-9,12H2,1-2H3,(H,20,23). The highest BCUT2D eigenvalue weighted by Crippen LogP contribution is 2.18. The molecule has 4 nitrogen and oxygen atoms in total. The minimum atomic E-state index is 0.0551. The smallest absolute Gasteiger partial charge is 0.222 e. The van der Waals surface area contributed by atoms with Gasteiger partial charge in [-0.05, 0) is 42.7 Å². The molecule has 0 saturated heterocycles. The van der Waals surface area contributed by atoms with Gasteiger partial charge < -0.3 is 9.88 Å². The third-order valence-electron chi connectivity index (χ3n) is 4.15. The van der Waals surface area contributed by atoms with Crippen LogP contribution in [0.4, 0.5) is 0 Å². The van der Waals surface area contributed by atoms with E-state index in [1.54, 1.807) is 0 Å². The molecule has 0 unspecified atom stereocenters. The first-order chi connectivity index (χ1) is 11.1. The zero-order chi connectivity index (χ0) is 16.2. The van der Waals surface area contributed by atoms with E-state index >= 15 is 0 Å². The summed E-state index contributed by atoms with van der Waals surface area (Å²) in [6.07, 6.45) is 2.26. The third kappa shape index (κ3) is 3.59. The number of fused-ring (bicyclic) bond motifs is 1. The number of hydrogen-bond acceptors (Lipinski definition) is 2. The maximum atomic E-state index is 12.0. The first-order valence-corrected chi connectivity index (χ1v) is 7.86. The van der Waals surface area contributed by atoms with Gasteiger partial charge in [0, 0.05) is 19.5 Å². The quantitative estimate of drug-likeness (QED) is 0.785. The second kappa shape index (κ2) is 6.65. The Morgan fingerprint density at radius 1 is 1.13 bits per heavy atom. The number of aromatic nitrogens is 2. The number of imidazole rings is 1. The van der Waals surface area contributed by atoms with Crippen molar-refractivity contribution in [3.05, 3.63) is 65.5 Å². The molecule has 0 bridgehead atoms. The molecule has 0 aliphatic rings. The molecule has 2 aromatic carbocycles. The van der Waals surface area contributed by atoms with Crippen molar-refractivity contribution in [1.29, 1.82) is 0 Å². The van der Waals surface area contributed by atoms with Crippen LogP contribution in [-0.2, 0) is 17.9 Å². The van der Waals surface area contributed by atoms with Crippen molar-refractivity contribution in [2.24, 2.45) is 0 Å². The molecule has 1 aromatic heterocycles. The van der Waals surface area contributed by atoms with E-state index in [2.05, 4.69) is 36.3 Å². The van der Waals surface area contributed by atoms with Crippen LogP contribution in [0.15, 0.2) is 48.8 Å². The predicted octanol–water partition coefficient (Wildman–Crippen LogP) is 3.36. The number of carbonyl (C=O) groups excluding carboxylic acids is 1. The highest BCUT2D eigenvalue weighted by Gasteiger charge is 2.07. The first-order valence-electron chi connectivity index (χ1n) is 7.86. The Bertz CT molecular complexity index is 821. The largest absolute Gasteiger partial charge is 0.352 e. The van der Waals surface area contributed by atoms with Crippen molar-refractivity contribution < 1.29 is 4.79 Å². The highest BCUT2D eigenvalue weighted by atomic mass is 16.1. The lowest BCUT2D eigenvalue weighted by molar-refractivity contribution is -0.121. The molecule has 23 heavy (non-hydrogen) atoms. The zero-order valence-electron chi connectivity index (χ0n) is 13.5. The molecule has 0 aliphatic carbocycles. The van der Waals surface area contributed by atoms with Crippen LogP contribution in [-0.4, -0.2) is 15.5 Å². The van der Waals surface area contributed by atoms with Gasteiger partial charge in [-0.2, -0.15) is 0 Å². The maximum Gasteiger partial charge on any atom is 0.222 e. The number of aryl methyl sites for hydroxylation is 3. The van der Waals surface area contributed by atoms with Crippen molar-refractivity contribution in [1.82, 2.24) is 14.9 Å². The zero-order valence-corrected chi connectivity index (χ0v) is 13.5. The van der Waals surface area contributed by atoms with Gasteiger partial charge in [0.15, 0.2) is 0 Å². The van der Waals surface area contributed by atoms with Gasteiger partial charge in [-0.25, -0.2) is 4.98 Å². The third-order valence-corrected chi connectivity index (χ3v) is 4.15. The summed E-state index contributed by atoms with van der Waals surface area (Å²) in [5.74, 6) is 0.0551. The number of amides is 1. The minimum Gasteiger partial charge on any atom is -0.352 e. The monoisotopic (exact) mass is 307 g/mol. The SMILES string of the molecule is Cc1cc2ncn(CCC(=O)NCc3ccccc3)c2cc1C. The summed E-state index contributed by atoms with van der Waals surface area (Å²) < 4.78 is 2.05. The Morgan fingerprint density at radius 3 is 2.65 bits per heavy atom. The first kappa shape index (κ1) is 15.3. The van der Waals surface area contributed by atoms with E-state index in [-0.39, 0.29) is 5.91 Å². The Morgan fingerprint density at radius 2 is 1.87 bits per heavy atom. The van der Waals surface area contributed by atoms with E-state index in [1.165, 1.54) is 11.1 Å². The molecule has 1 heterocycles. The molecule has 0 radical (unpaired) electrons. The van der Waals surface area contributed by atoms with Crippen molar-refractivity contribution >= 4 is 16.9 Å². The molecule has 3 rings (SSSR count). The summed E-state index contributed by atoms with van der Waals surface area (Å²) in [6.45, 7) is 5.39. The minimum absolute atomic E-state index is 0.0551. The number of nitrogens with zero attached hydrogens (tertiary/aromatic N) is 2. The van der Waals surface area contributed by atoms with Crippen LogP contribution in [0.1, 0.15) is 23.1 Å². The molecule has 0 spiro atoms. The fourth-order valence-electron chi connectivity index (χ4n) is 2.60. The second-order valence-electron chi connectivity index (χ2n) is 5.88. The second-order valence-corrected chi connectivity index (χ2v) is 5.88. The molecule has 0 atom stereocenters. The fourth-order valence-corrected chi connectivity index (χ4v) is 2.60. The number of benzene rings is 2. The van der Waals surface area contributed by atoms with Gasteiger partial charge in [0.2, 0.25) is 5.91 Å². The molecule has 0 aliphatic heterocycles. The average molecular weight is 307 g/mol. The lowest BCUT2D eigenvalue weighted by atomic mass is 10.1. The number of rotatable bonds is 5. The Labute approximate surface area is 136 Å². The van der Waals surface area contributed by atoms with Gasteiger partial charge in [0.1, 0.15) is 0 Å². The number of carbonyl (C=O) groups is 1. The van der Waals surface area contributed by atoms with Crippen molar-refractivity contribution in [3.8, 4) is 0 Å². The lowest BCUT2D eigenvalue weighted by Crippen LogP contribution is -2.23. The Kier molecular flexibility index (Phi) is 4.42. The Hall–Kier alpha value is -2.62. The van der Waals surface area contributed by atoms with Gasteiger partial charge in [-0.1, -0.05) is 30.3 Å². The molecule has 1 amide bonds. The van der Waals surface area contributed by atoms with E-state index < -0.39 is 0 Å². The molecular formula is C19H21N3O. The van der Waals surface area contributed by atoms with Crippen LogP contribution in [0.25, 0.3) is 11.0 Å². The van der Waals surface area contributed by atoms with Crippen LogP contribution in [0.2, 0.25) is 0 Å². The lowest BCUT2D eigenvalue weighted by Gasteiger charge is -2.07. The van der Waals surface area contributed by atoms with Crippen molar-refractivity contribution in [3.63, 3.8) is 0 Å². The van der Waals surface area contributed by atoms with Crippen LogP contribution < -0.4 is 5.32 Å². The van der Waals surface area contributed by atoms with Crippen LogP contribution >= 0.6 is 0 Å². The Balaban J connectivity index is 1.60. The highest BCUT2D eigenvalue weighted by molar-refractivity contribution is 5.78. The maximum absolute atomic E-state index is 12.0. The predicted molar refractivity (Wildman–Crippen MR) is 92.1 cm³/mol. The van der Waals surface area contributed by atoms with Gasteiger partial charge in [0.25, 0.3) is 0 Å². The normalized spacial score (nSPS) is 10.9. The summed E-state index contributed by atoms with van der Waals surface area (Å²) in [6, 6.07) is 14.2. The summed E-state index contributed by atoms with van der Waals surface area (Å²) in [5, 5.41) is 2.96. The van der Waals surface area contributed by atoms with Crippen molar-refractivity contribution in [2.75, 3.05) is 0 Å². The molecule has 0 fully saturated rings. The number of nitrogens with one attached hydrogen (secondary N) is 1. The van der Waals surface area contributed by atoms with Gasteiger partial charge in [0.05, 0.1) is 17.4 Å².